The van der Waals surface area contributed by atoms with Gasteiger partial charge in [0.25, 0.3) is 10.0 Å². The van der Waals surface area contributed by atoms with Crippen molar-refractivity contribution in [3.8, 4) is 0 Å². The second kappa shape index (κ2) is 8.76. The quantitative estimate of drug-likeness (QED) is 0.482. The molecule has 21 heavy (non-hydrogen) atoms. The molecule has 0 spiro atoms. The van der Waals surface area contributed by atoms with E-state index in [0.717, 1.165) is 19.3 Å². The summed E-state index contributed by atoms with van der Waals surface area (Å²) in [5.41, 5.74) is 0.533. The molecule has 0 unspecified atom stereocenters. The number of hydrogen-bond donors (Lipinski definition) is 3. The van der Waals surface area contributed by atoms with E-state index >= 15 is 0 Å². The molecule has 0 saturated heterocycles. The van der Waals surface area contributed by atoms with Gasteiger partial charge in [0, 0.05) is 12.1 Å². The molecule has 0 radical (unpaired) electrons. The number of sulfonamides is 1. The number of carbonyl (C=O) groups is 1. The van der Waals surface area contributed by atoms with Gasteiger partial charge < -0.3 is 10.5 Å². The summed E-state index contributed by atoms with van der Waals surface area (Å²) < 4.78 is 22.6. The van der Waals surface area contributed by atoms with Crippen molar-refractivity contribution in [1.29, 1.82) is 0 Å². The lowest BCUT2D eigenvalue weighted by molar-refractivity contribution is -0.116. The lowest BCUT2D eigenvalue weighted by Gasteiger charge is -2.06. The number of nitrogens with one attached hydrogen (secondary N) is 2. The zero-order valence-corrected chi connectivity index (χ0v) is 12.9. The van der Waals surface area contributed by atoms with Gasteiger partial charge in [-0.3, -0.25) is 4.79 Å². The minimum atomic E-state index is -3.87. The maximum Gasteiger partial charge on any atom is 0.262 e. The summed E-state index contributed by atoms with van der Waals surface area (Å²) in [5, 5.41) is 11.2. The molecular weight excluding hydrogens is 292 g/mol. The number of rotatable bonds is 9. The monoisotopic (exact) mass is 314 g/mol. The van der Waals surface area contributed by atoms with E-state index in [-0.39, 0.29) is 10.8 Å². The minimum absolute atomic E-state index is 0.0671. The molecule has 0 bridgehead atoms. The van der Waals surface area contributed by atoms with Gasteiger partial charge in [0.1, 0.15) is 0 Å². The molecule has 0 aliphatic rings. The predicted octanol–water partition coefficient (Wildman–Crippen LogP) is 2.65. The molecule has 0 atom stereocenters. The number of unbranched alkanes of at least 4 members (excludes halogenated alkanes) is 4. The highest BCUT2D eigenvalue weighted by Gasteiger charge is 2.12. The second-order valence-corrected chi connectivity index (χ2v) is 6.49. The molecule has 0 fully saturated rings. The fourth-order valence-electron chi connectivity index (χ4n) is 1.88. The molecule has 0 aliphatic heterocycles. The first-order valence-corrected chi connectivity index (χ1v) is 8.53. The van der Waals surface area contributed by atoms with Gasteiger partial charge in [0.05, 0.1) is 4.90 Å². The Kier molecular flexibility index (Phi) is 7.35. The number of benzene rings is 1. The summed E-state index contributed by atoms with van der Waals surface area (Å²) >= 11 is 0. The minimum Gasteiger partial charge on any atom is -0.326 e. The van der Waals surface area contributed by atoms with Crippen LogP contribution in [0.5, 0.6) is 0 Å². The molecule has 6 nitrogen and oxygen atoms in total. The van der Waals surface area contributed by atoms with Crippen molar-refractivity contribution in [3.05, 3.63) is 24.3 Å². The van der Waals surface area contributed by atoms with Crippen molar-refractivity contribution < 1.29 is 18.4 Å². The average Bonchev–Trinajstić information content (AvgIpc) is 2.47. The molecule has 1 amide bonds. The van der Waals surface area contributed by atoms with Gasteiger partial charge >= 0.3 is 0 Å². The van der Waals surface area contributed by atoms with Gasteiger partial charge in [0.2, 0.25) is 5.91 Å². The van der Waals surface area contributed by atoms with Crippen LogP contribution in [0.4, 0.5) is 5.69 Å². The van der Waals surface area contributed by atoms with Gasteiger partial charge in [0.15, 0.2) is 0 Å². The smallest absolute Gasteiger partial charge is 0.262 e. The van der Waals surface area contributed by atoms with Crippen LogP contribution in [-0.2, 0) is 14.8 Å². The molecule has 0 heterocycles. The van der Waals surface area contributed by atoms with E-state index in [9.17, 15) is 13.2 Å². The van der Waals surface area contributed by atoms with Gasteiger partial charge in [-0.2, -0.15) is 0 Å². The highest BCUT2D eigenvalue weighted by atomic mass is 32.2. The first-order valence-electron chi connectivity index (χ1n) is 7.05. The standard InChI is InChI=1S/C14H22N2O4S/c1-2-3-4-5-6-7-14(17)15-12-8-10-13(11-9-12)21(19,20)16-18/h8-11,16,18H,2-7H2,1H3,(H,15,17). The Hall–Kier alpha value is -1.44. The van der Waals surface area contributed by atoms with Crippen molar-refractivity contribution in [2.24, 2.45) is 0 Å². The number of amides is 1. The van der Waals surface area contributed by atoms with Crippen LogP contribution in [-0.4, -0.2) is 19.5 Å². The molecular formula is C14H22N2O4S. The molecule has 1 aromatic carbocycles. The van der Waals surface area contributed by atoms with Gasteiger partial charge in [-0.25, -0.2) is 8.42 Å². The molecule has 0 aromatic heterocycles. The highest BCUT2D eigenvalue weighted by molar-refractivity contribution is 7.89. The molecule has 0 saturated carbocycles. The van der Waals surface area contributed by atoms with Crippen LogP contribution >= 0.6 is 0 Å². The summed E-state index contributed by atoms with van der Waals surface area (Å²) in [4.78, 5) is 12.9. The van der Waals surface area contributed by atoms with Gasteiger partial charge in [-0.1, -0.05) is 37.5 Å². The first-order chi connectivity index (χ1) is 9.99. The van der Waals surface area contributed by atoms with Crippen LogP contribution in [0.3, 0.4) is 0 Å². The third kappa shape index (κ3) is 6.24. The van der Waals surface area contributed by atoms with Crippen LogP contribution in [0, 0.1) is 0 Å². The lowest BCUT2D eigenvalue weighted by Crippen LogP contribution is -2.19. The van der Waals surface area contributed by atoms with Gasteiger partial charge in [-0.05, 0) is 30.7 Å². The van der Waals surface area contributed by atoms with Crippen LogP contribution in [0.2, 0.25) is 0 Å². The average molecular weight is 314 g/mol. The maximum atomic E-state index is 11.7. The van der Waals surface area contributed by atoms with Crippen molar-refractivity contribution in [2.75, 3.05) is 5.32 Å². The van der Waals surface area contributed by atoms with Crippen molar-refractivity contribution in [3.63, 3.8) is 0 Å². The number of carbonyl (C=O) groups excluding carboxylic acids is 1. The van der Waals surface area contributed by atoms with Crippen LogP contribution in [0.1, 0.15) is 45.4 Å². The third-order valence-corrected chi connectivity index (χ3v) is 4.21. The maximum absolute atomic E-state index is 11.7. The first kappa shape index (κ1) is 17.6. The molecule has 1 aromatic rings. The third-order valence-electron chi connectivity index (χ3n) is 3.08. The molecule has 3 N–H and O–H groups in total. The van der Waals surface area contributed by atoms with E-state index in [1.165, 1.54) is 42.0 Å². The second-order valence-electron chi connectivity index (χ2n) is 4.83. The summed E-state index contributed by atoms with van der Waals surface area (Å²) in [6.07, 6.45) is 5.86. The van der Waals surface area contributed by atoms with Crippen LogP contribution < -0.4 is 10.2 Å². The van der Waals surface area contributed by atoms with E-state index in [0.29, 0.717) is 12.1 Å². The van der Waals surface area contributed by atoms with E-state index in [2.05, 4.69) is 12.2 Å². The van der Waals surface area contributed by atoms with Crippen molar-refractivity contribution >= 4 is 21.6 Å². The van der Waals surface area contributed by atoms with E-state index < -0.39 is 10.0 Å². The van der Waals surface area contributed by atoms with Crippen molar-refractivity contribution in [2.45, 2.75) is 50.3 Å². The predicted molar refractivity (Wildman–Crippen MR) is 80.6 cm³/mol. The fraction of sp³-hybridized carbons (Fsp3) is 0.500. The Morgan fingerprint density at radius 1 is 1.10 bits per heavy atom. The molecule has 0 aliphatic carbocycles. The van der Waals surface area contributed by atoms with Crippen LogP contribution in [0.15, 0.2) is 29.2 Å². The summed E-state index contributed by atoms with van der Waals surface area (Å²) in [7, 11) is -3.87. The van der Waals surface area contributed by atoms with Gasteiger partial charge in [-0.15, -0.1) is 0 Å². The Labute approximate surface area is 125 Å². The lowest BCUT2D eigenvalue weighted by atomic mass is 10.1. The Morgan fingerprint density at radius 3 is 2.29 bits per heavy atom. The fourth-order valence-corrected chi connectivity index (χ4v) is 2.48. The molecule has 118 valence electrons. The summed E-state index contributed by atoms with van der Waals surface area (Å²) in [5.74, 6) is -0.0811. The van der Waals surface area contributed by atoms with Crippen LogP contribution in [0.25, 0.3) is 0 Å². The zero-order chi connectivity index (χ0) is 15.7. The number of hydrogen-bond acceptors (Lipinski definition) is 4. The number of anilines is 1. The normalized spacial score (nSPS) is 11.3. The summed E-state index contributed by atoms with van der Waals surface area (Å²) in [6, 6.07) is 5.60. The van der Waals surface area contributed by atoms with E-state index in [1.54, 1.807) is 0 Å². The Morgan fingerprint density at radius 2 is 1.71 bits per heavy atom. The Balaban J connectivity index is 2.43. The Bertz CT molecular complexity index is 541. The highest BCUT2D eigenvalue weighted by Crippen LogP contribution is 2.14. The molecule has 7 heteroatoms. The van der Waals surface area contributed by atoms with Crippen molar-refractivity contribution in [1.82, 2.24) is 4.89 Å². The van der Waals surface area contributed by atoms with E-state index in [1.807, 2.05) is 0 Å². The molecule has 1 rings (SSSR count). The SMILES string of the molecule is CCCCCCCC(=O)Nc1ccc(S(=O)(=O)NO)cc1. The largest absolute Gasteiger partial charge is 0.326 e. The summed E-state index contributed by atoms with van der Waals surface area (Å²) in [6.45, 7) is 2.14. The topological polar surface area (TPSA) is 95.5 Å². The zero-order valence-electron chi connectivity index (χ0n) is 12.1. The van der Waals surface area contributed by atoms with E-state index in [4.69, 9.17) is 5.21 Å².